The molecule has 0 saturated carbocycles. The van der Waals surface area contributed by atoms with Crippen molar-refractivity contribution in [1.29, 1.82) is 0 Å². The number of likely N-dealkylation sites (tertiary alicyclic amines) is 1. The van der Waals surface area contributed by atoms with Gasteiger partial charge in [0.15, 0.2) is 0 Å². The van der Waals surface area contributed by atoms with Gasteiger partial charge in [0.05, 0.1) is 0 Å². The second-order valence-electron chi connectivity index (χ2n) is 7.31. The molecule has 1 aliphatic rings. The maximum absolute atomic E-state index is 12.4. The molecule has 2 rings (SSSR count). The van der Waals surface area contributed by atoms with Crippen LogP contribution >= 0.6 is 0 Å². The Labute approximate surface area is 166 Å². The zero-order valence-corrected chi connectivity index (χ0v) is 18.0. The number of carbonyl (C=O) groups excluding carboxylic acids is 3. The first kappa shape index (κ1) is 21.4. The van der Waals surface area contributed by atoms with Crippen LogP contribution in [0.3, 0.4) is 0 Å². The summed E-state index contributed by atoms with van der Waals surface area (Å²) in [4.78, 5) is 38.4. The van der Waals surface area contributed by atoms with Gasteiger partial charge in [0.1, 0.15) is 0 Å². The summed E-state index contributed by atoms with van der Waals surface area (Å²) >= 11 is 0.105. The summed E-state index contributed by atoms with van der Waals surface area (Å²) in [7, 11) is 0. The van der Waals surface area contributed by atoms with E-state index in [4.69, 9.17) is 9.47 Å². The second-order valence-corrected chi connectivity index (χ2v) is 9.76. The summed E-state index contributed by atoms with van der Waals surface area (Å²) in [5, 5.41) is 0.865. The van der Waals surface area contributed by atoms with Gasteiger partial charge in [0, 0.05) is 0 Å². The fourth-order valence-corrected chi connectivity index (χ4v) is 5.41. The van der Waals surface area contributed by atoms with Crippen molar-refractivity contribution in [3.05, 3.63) is 35.9 Å². The van der Waals surface area contributed by atoms with Gasteiger partial charge in [0.25, 0.3) is 0 Å². The van der Waals surface area contributed by atoms with E-state index in [1.54, 1.807) is 27.7 Å². The van der Waals surface area contributed by atoms with Gasteiger partial charge < -0.3 is 0 Å². The number of nitrogens with zero attached hydrogens (tertiary/aromatic N) is 1. The van der Waals surface area contributed by atoms with Crippen molar-refractivity contribution < 1.29 is 23.9 Å². The van der Waals surface area contributed by atoms with Gasteiger partial charge in [-0.3, -0.25) is 0 Å². The zero-order valence-electron chi connectivity index (χ0n) is 16.3. The number of amides is 1. The Morgan fingerprint density at radius 2 is 1.93 bits per heavy atom. The molecular formula is C20H27NO5Se. The minimum absolute atomic E-state index is 0.0120. The van der Waals surface area contributed by atoms with Crippen LogP contribution in [0, 0.1) is 0 Å². The Kier molecular flexibility index (Phi) is 7.45. The van der Waals surface area contributed by atoms with E-state index < -0.39 is 23.6 Å². The van der Waals surface area contributed by atoms with Gasteiger partial charge in [-0.25, -0.2) is 0 Å². The van der Waals surface area contributed by atoms with Gasteiger partial charge in [-0.05, 0) is 0 Å². The third-order valence-corrected chi connectivity index (χ3v) is 6.59. The van der Waals surface area contributed by atoms with E-state index in [-0.39, 0.29) is 38.8 Å². The van der Waals surface area contributed by atoms with Crippen LogP contribution < -0.4 is 0 Å². The van der Waals surface area contributed by atoms with Crippen LogP contribution in [0.2, 0.25) is 0 Å². The first-order valence-electron chi connectivity index (χ1n) is 9.06. The van der Waals surface area contributed by atoms with Gasteiger partial charge in [0.2, 0.25) is 0 Å². The molecule has 0 N–H and O–H groups in total. The SMILES string of the molecule is CCOC(=O)C(CC(=O)OC(C)(C)C)N1C(=O)CC1[Se]Cc1ccccc1. The Morgan fingerprint density at radius 3 is 2.48 bits per heavy atom. The van der Waals surface area contributed by atoms with E-state index in [2.05, 4.69) is 12.1 Å². The number of esters is 2. The van der Waals surface area contributed by atoms with Crippen LogP contribution in [0.5, 0.6) is 0 Å². The van der Waals surface area contributed by atoms with Gasteiger partial charge in [-0.2, -0.15) is 0 Å². The number of carbonyl (C=O) groups is 3. The summed E-state index contributed by atoms with van der Waals surface area (Å²) < 4.78 is 10.5. The normalized spacial score (nSPS) is 17.9. The predicted molar refractivity (Wildman–Crippen MR) is 102 cm³/mol. The van der Waals surface area contributed by atoms with Crippen molar-refractivity contribution in [2.45, 2.75) is 62.4 Å². The summed E-state index contributed by atoms with van der Waals surface area (Å²) in [5.41, 5.74) is 0.558. The summed E-state index contributed by atoms with van der Waals surface area (Å²) in [6, 6.07) is 9.13. The third-order valence-electron chi connectivity index (χ3n) is 3.91. The monoisotopic (exact) mass is 441 g/mol. The van der Waals surface area contributed by atoms with Crippen molar-refractivity contribution in [3.63, 3.8) is 0 Å². The first-order chi connectivity index (χ1) is 12.7. The molecule has 6 nitrogen and oxygen atoms in total. The minimum atomic E-state index is -0.913. The molecule has 148 valence electrons. The molecule has 1 aromatic carbocycles. The van der Waals surface area contributed by atoms with Crippen LogP contribution in [-0.2, 0) is 29.2 Å². The van der Waals surface area contributed by atoms with E-state index in [9.17, 15) is 14.4 Å². The molecule has 1 fully saturated rings. The third kappa shape index (κ3) is 6.36. The molecule has 27 heavy (non-hydrogen) atoms. The van der Waals surface area contributed by atoms with Gasteiger partial charge >= 0.3 is 167 Å². The van der Waals surface area contributed by atoms with Crippen LogP contribution in [0.1, 0.15) is 46.1 Å². The molecule has 1 aliphatic heterocycles. The number of β-lactam (4-membered cyclic amide) rings is 1. The average Bonchev–Trinajstić information content (AvgIpc) is 2.57. The second kappa shape index (κ2) is 9.38. The van der Waals surface area contributed by atoms with E-state index in [1.807, 2.05) is 18.2 Å². The number of hydrogen-bond donors (Lipinski definition) is 0. The van der Waals surface area contributed by atoms with Crippen LogP contribution in [0.25, 0.3) is 0 Å². The Bertz CT molecular complexity index is 671. The predicted octanol–water partition coefficient (Wildman–Crippen LogP) is 2.11. The molecule has 0 radical (unpaired) electrons. The molecule has 1 heterocycles. The maximum atomic E-state index is 12.4. The summed E-state index contributed by atoms with van der Waals surface area (Å²) in [5.74, 6) is -1.16. The van der Waals surface area contributed by atoms with Crippen LogP contribution in [0.4, 0.5) is 0 Å². The van der Waals surface area contributed by atoms with E-state index >= 15 is 0 Å². The standard InChI is InChI=1S/C20H27NO5Se/c1-5-25-19(24)15(11-18(23)26-20(2,3)4)21-16(22)12-17(21)27-13-14-9-7-6-8-10-14/h6-10,15,17H,5,11-13H2,1-4H3. The van der Waals surface area contributed by atoms with Gasteiger partial charge in [-0.1, -0.05) is 0 Å². The average molecular weight is 440 g/mol. The molecule has 7 heteroatoms. The van der Waals surface area contributed by atoms with E-state index in [0.29, 0.717) is 6.42 Å². The molecule has 0 spiro atoms. The number of ether oxygens (including phenoxy) is 2. The van der Waals surface area contributed by atoms with Crippen molar-refractivity contribution in [2.75, 3.05) is 6.61 Å². The van der Waals surface area contributed by atoms with Gasteiger partial charge in [-0.15, -0.1) is 0 Å². The Hall–Kier alpha value is -1.85. The molecule has 0 bridgehead atoms. The number of rotatable bonds is 8. The van der Waals surface area contributed by atoms with Crippen molar-refractivity contribution in [2.24, 2.45) is 0 Å². The van der Waals surface area contributed by atoms with Crippen molar-refractivity contribution in [1.82, 2.24) is 4.90 Å². The Balaban J connectivity index is 2.06. The van der Waals surface area contributed by atoms with E-state index in [0.717, 1.165) is 5.32 Å². The summed E-state index contributed by atoms with van der Waals surface area (Å²) in [6.45, 7) is 7.21. The quantitative estimate of drug-likeness (QED) is 0.352. The fourth-order valence-electron chi connectivity index (χ4n) is 2.76. The molecule has 1 aromatic rings. The van der Waals surface area contributed by atoms with Crippen LogP contribution in [-0.4, -0.2) is 60.9 Å². The molecule has 0 aromatic heterocycles. The topological polar surface area (TPSA) is 72.9 Å². The van der Waals surface area contributed by atoms with E-state index in [1.165, 1.54) is 10.5 Å². The zero-order chi connectivity index (χ0) is 20.0. The van der Waals surface area contributed by atoms with Crippen LogP contribution in [0.15, 0.2) is 30.3 Å². The molecule has 2 atom stereocenters. The summed E-state index contributed by atoms with van der Waals surface area (Å²) in [6.07, 6.45) is 0.233. The fraction of sp³-hybridized carbons (Fsp3) is 0.550. The van der Waals surface area contributed by atoms with Crippen molar-refractivity contribution >= 4 is 32.8 Å². The first-order valence-corrected chi connectivity index (χ1v) is 11.3. The number of hydrogen-bond acceptors (Lipinski definition) is 5. The molecule has 0 aliphatic carbocycles. The number of benzene rings is 1. The molecule has 1 amide bonds. The molecule has 1 saturated heterocycles. The molecular weight excluding hydrogens is 413 g/mol. The molecule has 2 unspecified atom stereocenters. The Morgan fingerprint density at radius 1 is 1.26 bits per heavy atom. The van der Waals surface area contributed by atoms with Crippen molar-refractivity contribution in [3.8, 4) is 0 Å².